The number of hydrogen-bond acceptors (Lipinski definition) is 3. The van der Waals surface area contributed by atoms with E-state index in [9.17, 15) is 0 Å². The highest BCUT2D eigenvalue weighted by atomic mass is 16.5. The van der Waals surface area contributed by atoms with Gasteiger partial charge in [-0.25, -0.2) is 0 Å². The number of nitrogens with zero attached hydrogens (tertiary/aromatic N) is 2. The van der Waals surface area contributed by atoms with Crippen LogP contribution >= 0.6 is 0 Å². The SMILES string of the molecule is C[C@@H]1CCCN1CCOc1ccc2cc(-c3cccnc3)ccc2c1. The van der Waals surface area contributed by atoms with Gasteiger partial charge in [-0.1, -0.05) is 24.3 Å². The standard InChI is InChI=1S/C22H24N2O/c1-17-4-3-11-24(17)12-13-25-22-9-8-18-14-19(6-7-20(18)15-22)21-5-2-10-23-16-21/h2,5-10,14-17H,3-4,11-13H2,1H3/t17-/m1/s1. The lowest BCUT2D eigenvalue weighted by Crippen LogP contribution is -2.31. The Bertz CT molecular complexity index is 847. The summed E-state index contributed by atoms with van der Waals surface area (Å²) in [6.45, 7) is 5.28. The average Bonchev–Trinajstić information content (AvgIpc) is 3.07. The molecule has 1 saturated heterocycles. The maximum atomic E-state index is 5.99. The van der Waals surface area contributed by atoms with E-state index in [4.69, 9.17) is 4.74 Å². The highest BCUT2D eigenvalue weighted by molar-refractivity contribution is 5.88. The summed E-state index contributed by atoms with van der Waals surface area (Å²) in [7, 11) is 0. The Hall–Kier alpha value is -2.39. The van der Waals surface area contributed by atoms with Gasteiger partial charge in [0.15, 0.2) is 0 Å². The summed E-state index contributed by atoms with van der Waals surface area (Å²) in [5.41, 5.74) is 2.33. The Labute approximate surface area is 149 Å². The molecule has 0 bridgehead atoms. The van der Waals surface area contributed by atoms with Gasteiger partial charge in [0.1, 0.15) is 12.4 Å². The fourth-order valence-corrected chi connectivity index (χ4v) is 3.63. The Morgan fingerprint density at radius 2 is 1.96 bits per heavy atom. The van der Waals surface area contributed by atoms with Gasteiger partial charge in [0.25, 0.3) is 0 Å². The minimum absolute atomic E-state index is 0.700. The van der Waals surface area contributed by atoms with Crippen molar-refractivity contribution < 1.29 is 4.74 Å². The van der Waals surface area contributed by atoms with Crippen LogP contribution < -0.4 is 4.74 Å². The maximum absolute atomic E-state index is 5.99. The number of hydrogen-bond donors (Lipinski definition) is 0. The first kappa shape index (κ1) is 16.1. The van der Waals surface area contributed by atoms with Crippen molar-refractivity contribution in [3.05, 3.63) is 60.9 Å². The molecule has 2 heterocycles. The van der Waals surface area contributed by atoms with E-state index in [0.717, 1.165) is 24.5 Å². The molecule has 0 radical (unpaired) electrons. The lowest BCUT2D eigenvalue weighted by molar-refractivity contribution is 0.205. The van der Waals surface area contributed by atoms with E-state index in [0.29, 0.717) is 6.04 Å². The van der Waals surface area contributed by atoms with Crippen LogP contribution in [0.15, 0.2) is 60.9 Å². The molecule has 3 nitrogen and oxygen atoms in total. The van der Waals surface area contributed by atoms with E-state index in [1.165, 1.54) is 35.7 Å². The number of likely N-dealkylation sites (tertiary alicyclic amines) is 1. The van der Waals surface area contributed by atoms with Gasteiger partial charge in [0, 0.05) is 30.5 Å². The largest absolute Gasteiger partial charge is 0.492 e. The number of rotatable bonds is 5. The summed E-state index contributed by atoms with van der Waals surface area (Å²) in [6, 6.07) is 17.6. The topological polar surface area (TPSA) is 25.4 Å². The Kier molecular flexibility index (Phi) is 4.66. The highest BCUT2D eigenvalue weighted by Gasteiger charge is 2.19. The third-order valence-electron chi connectivity index (χ3n) is 5.14. The van der Waals surface area contributed by atoms with Crippen molar-refractivity contribution in [2.24, 2.45) is 0 Å². The molecule has 2 aromatic carbocycles. The minimum atomic E-state index is 0.700. The Morgan fingerprint density at radius 3 is 2.76 bits per heavy atom. The molecular weight excluding hydrogens is 308 g/mol. The van der Waals surface area contributed by atoms with Gasteiger partial charge in [-0.3, -0.25) is 9.88 Å². The van der Waals surface area contributed by atoms with Crippen molar-refractivity contribution in [1.29, 1.82) is 0 Å². The van der Waals surface area contributed by atoms with Crippen LogP contribution in [0.3, 0.4) is 0 Å². The van der Waals surface area contributed by atoms with Gasteiger partial charge >= 0.3 is 0 Å². The second-order valence-electron chi connectivity index (χ2n) is 6.84. The Morgan fingerprint density at radius 1 is 1.08 bits per heavy atom. The van der Waals surface area contributed by atoms with E-state index in [1.54, 1.807) is 6.20 Å². The van der Waals surface area contributed by atoms with Crippen LogP contribution in [0.25, 0.3) is 21.9 Å². The minimum Gasteiger partial charge on any atom is -0.492 e. The number of ether oxygens (including phenoxy) is 1. The molecule has 3 heteroatoms. The maximum Gasteiger partial charge on any atom is 0.120 e. The van der Waals surface area contributed by atoms with Crippen LogP contribution in [0.2, 0.25) is 0 Å². The van der Waals surface area contributed by atoms with Crippen LogP contribution in [0.5, 0.6) is 5.75 Å². The molecular formula is C22H24N2O. The summed E-state index contributed by atoms with van der Waals surface area (Å²) in [6.07, 6.45) is 6.33. The molecule has 25 heavy (non-hydrogen) atoms. The summed E-state index contributed by atoms with van der Waals surface area (Å²) in [4.78, 5) is 6.72. The molecule has 128 valence electrons. The van der Waals surface area contributed by atoms with Crippen LogP contribution in [0, 0.1) is 0 Å². The van der Waals surface area contributed by atoms with Gasteiger partial charge in [0.05, 0.1) is 0 Å². The third-order valence-corrected chi connectivity index (χ3v) is 5.14. The molecule has 1 fully saturated rings. The third kappa shape index (κ3) is 3.67. The van der Waals surface area contributed by atoms with Crippen LogP contribution in [0.1, 0.15) is 19.8 Å². The summed E-state index contributed by atoms with van der Waals surface area (Å²) < 4.78 is 5.99. The summed E-state index contributed by atoms with van der Waals surface area (Å²) in [5.74, 6) is 0.952. The molecule has 3 aromatic rings. The van der Waals surface area contributed by atoms with Gasteiger partial charge in [-0.2, -0.15) is 0 Å². The molecule has 0 aliphatic carbocycles. The van der Waals surface area contributed by atoms with E-state index in [2.05, 4.69) is 59.3 Å². The number of aromatic nitrogens is 1. The first-order chi connectivity index (χ1) is 12.3. The predicted octanol–water partition coefficient (Wildman–Crippen LogP) is 4.76. The average molecular weight is 332 g/mol. The molecule has 1 atom stereocenters. The number of fused-ring (bicyclic) bond motifs is 1. The van der Waals surface area contributed by atoms with Crippen molar-refractivity contribution in [1.82, 2.24) is 9.88 Å². The van der Waals surface area contributed by atoms with Gasteiger partial charge in [-0.15, -0.1) is 0 Å². The molecule has 0 N–H and O–H groups in total. The molecule has 0 saturated carbocycles. The Balaban J connectivity index is 1.45. The molecule has 1 aromatic heterocycles. The number of benzene rings is 2. The van der Waals surface area contributed by atoms with Gasteiger partial charge in [0.2, 0.25) is 0 Å². The molecule has 4 rings (SSSR count). The summed E-state index contributed by atoms with van der Waals surface area (Å²) >= 11 is 0. The zero-order valence-electron chi connectivity index (χ0n) is 14.7. The van der Waals surface area contributed by atoms with Crippen LogP contribution in [-0.4, -0.2) is 35.6 Å². The molecule has 0 spiro atoms. The lowest BCUT2D eigenvalue weighted by Gasteiger charge is -2.20. The molecule has 0 amide bonds. The van der Waals surface area contributed by atoms with E-state index < -0.39 is 0 Å². The van der Waals surface area contributed by atoms with Crippen molar-refractivity contribution in [2.75, 3.05) is 19.7 Å². The molecule has 0 unspecified atom stereocenters. The molecule has 1 aliphatic heterocycles. The fraction of sp³-hybridized carbons (Fsp3) is 0.318. The van der Waals surface area contributed by atoms with Gasteiger partial charge in [-0.05, 0) is 66.9 Å². The van der Waals surface area contributed by atoms with Gasteiger partial charge < -0.3 is 4.74 Å². The van der Waals surface area contributed by atoms with Crippen molar-refractivity contribution in [3.8, 4) is 16.9 Å². The zero-order chi connectivity index (χ0) is 17.1. The van der Waals surface area contributed by atoms with Crippen molar-refractivity contribution in [2.45, 2.75) is 25.8 Å². The highest BCUT2D eigenvalue weighted by Crippen LogP contribution is 2.26. The van der Waals surface area contributed by atoms with E-state index in [-0.39, 0.29) is 0 Å². The lowest BCUT2D eigenvalue weighted by atomic mass is 10.0. The van der Waals surface area contributed by atoms with E-state index in [1.807, 2.05) is 12.3 Å². The molecule has 1 aliphatic rings. The smallest absolute Gasteiger partial charge is 0.120 e. The second-order valence-corrected chi connectivity index (χ2v) is 6.84. The first-order valence-corrected chi connectivity index (χ1v) is 9.11. The fourth-order valence-electron chi connectivity index (χ4n) is 3.63. The predicted molar refractivity (Wildman–Crippen MR) is 103 cm³/mol. The first-order valence-electron chi connectivity index (χ1n) is 9.11. The van der Waals surface area contributed by atoms with Crippen LogP contribution in [-0.2, 0) is 0 Å². The number of pyridine rings is 1. The summed E-state index contributed by atoms with van der Waals surface area (Å²) in [5, 5.41) is 2.43. The second kappa shape index (κ2) is 7.24. The van der Waals surface area contributed by atoms with Crippen molar-refractivity contribution in [3.63, 3.8) is 0 Å². The zero-order valence-corrected chi connectivity index (χ0v) is 14.7. The van der Waals surface area contributed by atoms with Crippen LogP contribution in [0.4, 0.5) is 0 Å². The normalized spacial score (nSPS) is 17.9. The van der Waals surface area contributed by atoms with E-state index >= 15 is 0 Å². The monoisotopic (exact) mass is 332 g/mol. The quantitative estimate of drug-likeness (QED) is 0.673. The van der Waals surface area contributed by atoms with Crippen molar-refractivity contribution >= 4 is 10.8 Å².